The minimum absolute atomic E-state index is 0.0936. The van der Waals surface area contributed by atoms with E-state index < -0.39 is 15.6 Å². The number of H-pyrrole nitrogens is 1. The molecule has 0 unspecified atom stereocenters. The van der Waals surface area contributed by atoms with Gasteiger partial charge in [0.25, 0.3) is 0 Å². The fraction of sp³-hybridized carbons (Fsp3) is 0.519. The van der Waals surface area contributed by atoms with Crippen molar-refractivity contribution in [1.82, 2.24) is 25.2 Å². The molecule has 0 aliphatic heterocycles. The Morgan fingerprint density at radius 1 is 1.13 bits per heavy atom. The Balaban J connectivity index is 1.58. The van der Waals surface area contributed by atoms with Crippen LogP contribution in [0.1, 0.15) is 76.9 Å². The van der Waals surface area contributed by atoms with Gasteiger partial charge in [-0.2, -0.15) is 5.10 Å². The molecule has 2 heterocycles. The van der Waals surface area contributed by atoms with Crippen molar-refractivity contribution in [2.24, 2.45) is 0 Å². The summed E-state index contributed by atoms with van der Waals surface area (Å²) in [5.74, 6) is 0.272. The molecule has 2 aromatic heterocycles. The van der Waals surface area contributed by atoms with Gasteiger partial charge in [-0.05, 0) is 78.9 Å². The molecule has 1 aromatic carbocycles. The van der Waals surface area contributed by atoms with Crippen LogP contribution in [0.2, 0.25) is 0 Å². The normalized spacial score (nSPS) is 18.5. The maximum atomic E-state index is 13.6. The SMILES string of the molecule is Cc1[nH]ncc1-c1ccc(-c2cnc(C3CCC(NC(=O)OC(C)C)CC3)s2)c(S(=O)(=O)NC(C)(C)C)c1. The number of carbonyl (C=O) groups excluding carboxylic acids is 1. The highest BCUT2D eigenvalue weighted by Gasteiger charge is 2.29. The molecule has 4 rings (SSSR count). The first-order valence-electron chi connectivity index (χ1n) is 12.9. The van der Waals surface area contributed by atoms with Crippen LogP contribution in [0.5, 0.6) is 0 Å². The smallest absolute Gasteiger partial charge is 0.407 e. The van der Waals surface area contributed by atoms with E-state index in [9.17, 15) is 13.2 Å². The summed E-state index contributed by atoms with van der Waals surface area (Å²) >= 11 is 1.54. The molecule has 9 nitrogen and oxygen atoms in total. The second-order valence-corrected chi connectivity index (χ2v) is 13.9. The van der Waals surface area contributed by atoms with Crippen molar-refractivity contribution in [3.63, 3.8) is 0 Å². The highest BCUT2D eigenvalue weighted by atomic mass is 32.2. The number of rotatable bonds is 7. The largest absolute Gasteiger partial charge is 0.447 e. The Bertz CT molecular complexity index is 1380. The van der Waals surface area contributed by atoms with Crippen molar-refractivity contribution >= 4 is 27.5 Å². The third-order valence-corrected chi connectivity index (χ3v) is 9.37. The standard InChI is InChI=1S/C27H37N5O4S2/c1-16(2)36-26(33)30-20-10-7-18(8-11-20)25-28-15-23(37-25)21-12-9-19(22-14-29-31-17(22)3)13-24(21)38(34,35)32-27(4,5)6/h9,12-16,18,20,32H,7-8,10-11H2,1-6H3,(H,29,31)(H,30,33). The van der Waals surface area contributed by atoms with E-state index in [1.807, 2.05) is 53.7 Å². The average molecular weight is 560 g/mol. The summed E-state index contributed by atoms with van der Waals surface area (Å²) in [7, 11) is -3.82. The Hall–Kier alpha value is -2.76. The number of hydrogen-bond donors (Lipinski definition) is 3. The fourth-order valence-electron chi connectivity index (χ4n) is 4.72. The molecule has 0 bridgehead atoms. The number of ether oxygens (including phenoxy) is 1. The molecule has 3 aromatic rings. The monoisotopic (exact) mass is 559 g/mol. The first kappa shape index (κ1) is 28.3. The number of hydrogen-bond acceptors (Lipinski definition) is 7. The molecule has 3 N–H and O–H groups in total. The number of amides is 1. The summed E-state index contributed by atoms with van der Waals surface area (Å²) in [5.41, 5.74) is 2.50. The number of nitrogens with zero attached hydrogens (tertiary/aromatic N) is 2. The Labute approximate surface area is 228 Å². The van der Waals surface area contributed by atoms with Gasteiger partial charge in [-0.15, -0.1) is 11.3 Å². The van der Waals surface area contributed by atoms with Crippen LogP contribution in [0.3, 0.4) is 0 Å². The Morgan fingerprint density at radius 2 is 1.84 bits per heavy atom. The van der Waals surface area contributed by atoms with Crippen molar-refractivity contribution < 1.29 is 17.9 Å². The number of aromatic nitrogens is 3. The predicted molar refractivity (Wildman–Crippen MR) is 150 cm³/mol. The highest BCUT2D eigenvalue weighted by molar-refractivity contribution is 7.89. The topological polar surface area (TPSA) is 126 Å². The number of aromatic amines is 1. The molecular formula is C27H37N5O4S2. The molecule has 0 radical (unpaired) electrons. The number of alkyl carbamates (subject to hydrolysis) is 1. The maximum Gasteiger partial charge on any atom is 0.407 e. The minimum atomic E-state index is -3.82. The summed E-state index contributed by atoms with van der Waals surface area (Å²) in [6.45, 7) is 11.0. The molecule has 1 aliphatic rings. The average Bonchev–Trinajstić information content (AvgIpc) is 3.46. The molecule has 1 amide bonds. The van der Waals surface area contributed by atoms with E-state index in [1.165, 1.54) is 11.3 Å². The van der Waals surface area contributed by atoms with Gasteiger partial charge in [-0.3, -0.25) is 5.10 Å². The van der Waals surface area contributed by atoms with E-state index in [4.69, 9.17) is 9.72 Å². The zero-order valence-corrected chi connectivity index (χ0v) is 24.4. The van der Waals surface area contributed by atoms with Crippen molar-refractivity contribution in [3.8, 4) is 21.6 Å². The van der Waals surface area contributed by atoms with Crippen molar-refractivity contribution in [3.05, 3.63) is 41.3 Å². The fourth-order valence-corrected chi connectivity index (χ4v) is 7.57. The van der Waals surface area contributed by atoms with Gasteiger partial charge in [-0.1, -0.05) is 12.1 Å². The zero-order valence-electron chi connectivity index (χ0n) is 22.8. The number of carbonyl (C=O) groups is 1. The number of thiazole rings is 1. The van der Waals surface area contributed by atoms with Gasteiger partial charge in [0.2, 0.25) is 10.0 Å². The van der Waals surface area contributed by atoms with Gasteiger partial charge in [-0.25, -0.2) is 22.9 Å². The molecule has 11 heteroatoms. The van der Waals surface area contributed by atoms with E-state index in [-0.39, 0.29) is 29.1 Å². The lowest BCUT2D eigenvalue weighted by atomic mass is 9.86. The lowest BCUT2D eigenvalue weighted by Crippen LogP contribution is -2.40. The lowest BCUT2D eigenvalue weighted by Gasteiger charge is -2.28. The van der Waals surface area contributed by atoms with Gasteiger partial charge in [0.05, 0.1) is 27.1 Å². The number of benzene rings is 1. The highest BCUT2D eigenvalue weighted by Crippen LogP contribution is 2.40. The first-order chi connectivity index (χ1) is 17.8. The number of aryl methyl sites for hydroxylation is 1. The Morgan fingerprint density at radius 3 is 2.45 bits per heavy atom. The van der Waals surface area contributed by atoms with Gasteiger partial charge in [0.15, 0.2) is 0 Å². The second-order valence-electron chi connectivity index (χ2n) is 11.2. The summed E-state index contributed by atoms with van der Waals surface area (Å²) in [6, 6.07) is 5.59. The number of nitrogens with one attached hydrogen (secondary N) is 3. The molecule has 38 heavy (non-hydrogen) atoms. The van der Waals surface area contributed by atoms with Gasteiger partial charge >= 0.3 is 6.09 Å². The van der Waals surface area contributed by atoms with Crippen molar-refractivity contribution in [1.29, 1.82) is 0 Å². The molecule has 206 valence electrons. The van der Waals surface area contributed by atoms with Gasteiger partial charge < -0.3 is 10.1 Å². The molecule has 0 spiro atoms. The van der Waals surface area contributed by atoms with Gasteiger partial charge in [0.1, 0.15) is 0 Å². The van der Waals surface area contributed by atoms with E-state index >= 15 is 0 Å². The van der Waals surface area contributed by atoms with Crippen LogP contribution >= 0.6 is 11.3 Å². The number of sulfonamides is 1. The van der Waals surface area contributed by atoms with Crippen LogP contribution in [0.4, 0.5) is 4.79 Å². The predicted octanol–water partition coefficient (Wildman–Crippen LogP) is 5.75. The second kappa shape index (κ2) is 11.2. The summed E-state index contributed by atoms with van der Waals surface area (Å²) in [4.78, 5) is 17.7. The van der Waals surface area contributed by atoms with Crippen molar-refractivity contribution in [2.45, 2.75) is 95.7 Å². The van der Waals surface area contributed by atoms with Gasteiger partial charge in [0, 0.05) is 40.5 Å². The van der Waals surface area contributed by atoms with Crippen LogP contribution in [-0.4, -0.2) is 47.4 Å². The van der Waals surface area contributed by atoms with Crippen LogP contribution in [0, 0.1) is 6.92 Å². The summed E-state index contributed by atoms with van der Waals surface area (Å²) in [6.07, 6.45) is 6.46. The van der Waals surface area contributed by atoms with E-state index in [1.54, 1.807) is 18.5 Å². The van der Waals surface area contributed by atoms with E-state index in [0.29, 0.717) is 5.56 Å². The van der Waals surface area contributed by atoms with Crippen LogP contribution in [0.25, 0.3) is 21.6 Å². The van der Waals surface area contributed by atoms with Crippen LogP contribution in [-0.2, 0) is 14.8 Å². The lowest BCUT2D eigenvalue weighted by molar-refractivity contribution is 0.109. The van der Waals surface area contributed by atoms with Crippen LogP contribution in [0.15, 0.2) is 35.5 Å². The quantitative estimate of drug-likeness (QED) is 0.339. The summed E-state index contributed by atoms with van der Waals surface area (Å²) in [5, 5.41) is 11.0. The molecule has 0 atom stereocenters. The third kappa shape index (κ3) is 6.81. The molecule has 1 fully saturated rings. The maximum absolute atomic E-state index is 13.6. The summed E-state index contributed by atoms with van der Waals surface area (Å²) < 4.78 is 35.1. The molecule has 0 saturated heterocycles. The Kier molecular flexibility index (Phi) is 8.29. The molecule has 1 aliphatic carbocycles. The van der Waals surface area contributed by atoms with E-state index in [0.717, 1.165) is 52.4 Å². The van der Waals surface area contributed by atoms with Crippen molar-refractivity contribution in [2.75, 3.05) is 0 Å². The van der Waals surface area contributed by atoms with E-state index in [2.05, 4.69) is 20.2 Å². The van der Waals surface area contributed by atoms with Crippen LogP contribution < -0.4 is 10.0 Å². The molecule has 1 saturated carbocycles. The minimum Gasteiger partial charge on any atom is -0.447 e. The third-order valence-electron chi connectivity index (χ3n) is 6.38. The zero-order chi connectivity index (χ0) is 27.7. The molecular weight excluding hydrogens is 522 g/mol. The first-order valence-corrected chi connectivity index (χ1v) is 15.2.